The van der Waals surface area contributed by atoms with Gasteiger partial charge in [-0.3, -0.25) is 14.4 Å². The van der Waals surface area contributed by atoms with E-state index in [1.807, 2.05) is 6.92 Å². The first-order valence-electron chi connectivity index (χ1n) is 10.4. The molecular weight excluding hydrogens is 436 g/mol. The number of aromatic hydroxyl groups is 1. The Kier molecular flexibility index (Phi) is 9.53. The average molecular weight is 463 g/mol. The number of carbonyl (C=O) groups excluding carboxylic acids is 2. The van der Waals surface area contributed by atoms with Crippen molar-refractivity contribution in [2.45, 2.75) is 46.0 Å². The van der Waals surface area contributed by atoms with Crippen molar-refractivity contribution in [3.63, 3.8) is 0 Å². The second-order valence-electron chi connectivity index (χ2n) is 7.25. The molecule has 0 aromatic heterocycles. The monoisotopic (exact) mass is 462 g/mol. The van der Waals surface area contributed by atoms with Crippen LogP contribution in [0.25, 0.3) is 0 Å². The van der Waals surface area contributed by atoms with Gasteiger partial charge in [0.2, 0.25) is 0 Å². The maximum atomic E-state index is 12.0. The van der Waals surface area contributed by atoms with Gasteiger partial charge < -0.3 is 19.7 Å². The molecule has 2 N–H and O–H groups in total. The summed E-state index contributed by atoms with van der Waals surface area (Å²) < 4.78 is 11.4. The van der Waals surface area contributed by atoms with Gasteiger partial charge in [0.1, 0.15) is 17.2 Å². The molecule has 172 valence electrons. The molecule has 0 spiro atoms. The molecule has 32 heavy (non-hydrogen) atoms. The second kappa shape index (κ2) is 12.1. The van der Waals surface area contributed by atoms with Crippen LogP contribution in [0.2, 0.25) is 5.02 Å². The standard InChI is InChI=1S/C24H27ClO7/c1-3-5-19-22(10-8-17(15(2)26)24(19)30)32-13-4-12-31-16-6-7-18(20(25)14-16)21(27)9-11-23(28)29/h6-8,10,14,30H,3-5,9,11-13H2,1-2H3,(H,28,29). The summed E-state index contributed by atoms with van der Waals surface area (Å²) in [6.45, 7) is 4.07. The molecule has 7 nitrogen and oxygen atoms in total. The summed E-state index contributed by atoms with van der Waals surface area (Å²) in [5.41, 5.74) is 1.17. The number of aliphatic carboxylic acids is 1. The quantitative estimate of drug-likeness (QED) is 0.315. The minimum absolute atomic E-state index is 0.0271. The number of phenolic OH excluding ortho intramolecular Hbond substituents is 1. The Morgan fingerprint density at radius 1 is 1.00 bits per heavy atom. The van der Waals surface area contributed by atoms with Gasteiger partial charge >= 0.3 is 5.97 Å². The van der Waals surface area contributed by atoms with E-state index in [0.717, 1.165) is 6.42 Å². The van der Waals surface area contributed by atoms with Gasteiger partial charge in [0.15, 0.2) is 11.6 Å². The van der Waals surface area contributed by atoms with Crippen molar-refractivity contribution in [2.75, 3.05) is 13.2 Å². The number of rotatable bonds is 13. The summed E-state index contributed by atoms with van der Waals surface area (Å²) in [7, 11) is 0. The van der Waals surface area contributed by atoms with Crippen molar-refractivity contribution in [1.29, 1.82) is 0 Å². The molecule has 2 aromatic carbocycles. The molecular formula is C24H27ClO7. The molecule has 0 atom stereocenters. The number of halogens is 1. The Hall–Kier alpha value is -3.06. The van der Waals surface area contributed by atoms with Crippen molar-refractivity contribution in [1.82, 2.24) is 0 Å². The maximum Gasteiger partial charge on any atom is 0.303 e. The summed E-state index contributed by atoms with van der Waals surface area (Å²) in [5.74, 6) is -0.571. The van der Waals surface area contributed by atoms with Crippen molar-refractivity contribution < 1.29 is 34.1 Å². The van der Waals surface area contributed by atoms with E-state index in [1.165, 1.54) is 19.1 Å². The molecule has 2 rings (SSSR count). The lowest BCUT2D eigenvalue weighted by atomic mass is 10.0. The molecule has 0 amide bonds. The first kappa shape index (κ1) is 25.2. The van der Waals surface area contributed by atoms with Crippen LogP contribution in [0.5, 0.6) is 17.2 Å². The molecule has 0 radical (unpaired) electrons. The lowest BCUT2D eigenvalue weighted by molar-refractivity contribution is -0.136. The third kappa shape index (κ3) is 6.99. The van der Waals surface area contributed by atoms with Crippen LogP contribution in [0.3, 0.4) is 0 Å². The third-order valence-corrected chi connectivity index (χ3v) is 5.05. The van der Waals surface area contributed by atoms with E-state index in [1.54, 1.807) is 18.2 Å². The van der Waals surface area contributed by atoms with Gasteiger partial charge in [0, 0.05) is 24.0 Å². The zero-order chi connectivity index (χ0) is 23.7. The summed E-state index contributed by atoms with van der Waals surface area (Å²) in [6, 6.07) is 7.91. The lowest BCUT2D eigenvalue weighted by Crippen LogP contribution is -2.08. The number of benzene rings is 2. The predicted octanol–water partition coefficient (Wildman–Crippen LogP) is 5.10. The number of carboxylic acid groups (broad SMARTS) is 1. The second-order valence-corrected chi connectivity index (χ2v) is 7.66. The van der Waals surface area contributed by atoms with Crippen molar-refractivity contribution >= 4 is 29.1 Å². The summed E-state index contributed by atoms with van der Waals surface area (Å²) >= 11 is 6.14. The van der Waals surface area contributed by atoms with Crippen LogP contribution in [0.15, 0.2) is 30.3 Å². The molecule has 0 saturated heterocycles. The number of hydrogen-bond donors (Lipinski definition) is 2. The molecule has 0 heterocycles. The first-order chi connectivity index (χ1) is 15.2. The van der Waals surface area contributed by atoms with Gasteiger partial charge in [-0.25, -0.2) is 0 Å². The first-order valence-corrected chi connectivity index (χ1v) is 10.8. The van der Waals surface area contributed by atoms with Crippen molar-refractivity contribution in [3.8, 4) is 17.2 Å². The van der Waals surface area contributed by atoms with E-state index < -0.39 is 5.97 Å². The Morgan fingerprint density at radius 2 is 1.69 bits per heavy atom. The minimum atomic E-state index is -1.04. The molecule has 0 unspecified atom stereocenters. The van der Waals surface area contributed by atoms with E-state index >= 15 is 0 Å². The topological polar surface area (TPSA) is 110 Å². The SMILES string of the molecule is CCCc1c(OCCCOc2ccc(C(=O)CCC(=O)O)c(Cl)c2)ccc(C(C)=O)c1O. The fourth-order valence-corrected chi connectivity index (χ4v) is 3.40. The van der Waals surface area contributed by atoms with Crippen LogP contribution in [0.1, 0.15) is 65.8 Å². The highest BCUT2D eigenvalue weighted by Gasteiger charge is 2.16. The van der Waals surface area contributed by atoms with Crippen LogP contribution in [-0.2, 0) is 11.2 Å². The summed E-state index contributed by atoms with van der Waals surface area (Å²) in [4.78, 5) is 34.3. The molecule has 0 fully saturated rings. The van der Waals surface area contributed by atoms with Gasteiger partial charge in [-0.15, -0.1) is 0 Å². The summed E-state index contributed by atoms with van der Waals surface area (Å²) in [6.07, 6.45) is 1.58. The van der Waals surface area contributed by atoms with Crippen molar-refractivity contribution in [2.24, 2.45) is 0 Å². The highest BCUT2D eigenvalue weighted by atomic mass is 35.5. The third-order valence-electron chi connectivity index (χ3n) is 4.74. The normalized spacial score (nSPS) is 10.6. The number of carboxylic acids is 1. The molecule has 0 aliphatic rings. The predicted molar refractivity (Wildman–Crippen MR) is 120 cm³/mol. The molecule has 0 aliphatic carbocycles. The fraction of sp³-hybridized carbons (Fsp3) is 0.375. The smallest absolute Gasteiger partial charge is 0.303 e. The van der Waals surface area contributed by atoms with Gasteiger partial charge in [-0.2, -0.15) is 0 Å². The van der Waals surface area contributed by atoms with E-state index in [4.69, 9.17) is 26.2 Å². The zero-order valence-corrected chi connectivity index (χ0v) is 18.9. The van der Waals surface area contributed by atoms with Crippen molar-refractivity contribution in [3.05, 3.63) is 52.0 Å². The highest BCUT2D eigenvalue weighted by Crippen LogP contribution is 2.33. The van der Waals surface area contributed by atoms with Gasteiger partial charge in [0.25, 0.3) is 0 Å². The molecule has 0 saturated carbocycles. The number of phenols is 1. The van der Waals surface area contributed by atoms with Gasteiger partial charge in [-0.1, -0.05) is 24.9 Å². The van der Waals surface area contributed by atoms with Gasteiger partial charge in [0.05, 0.1) is 30.2 Å². The number of ketones is 2. The minimum Gasteiger partial charge on any atom is -0.507 e. The number of carbonyl (C=O) groups is 3. The van der Waals surface area contributed by atoms with Crippen LogP contribution in [-0.4, -0.2) is 41.0 Å². The van der Waals surface area contributed by atoms with E-state index in [0.29, 0.717) is 43.1 Å². The van der Waals surface area contributed by atoms with E-state index in [2.05, 4.69) is 0 Å². The summed E-state index contributed by atoms with van der Waals surface area (Å²) in [5, 5.41) is 19.3. The molecule has 0 aliphatic heterocycles. The number of ether oxygens (including phenoxy) is 2. The van der Waals surface area contributed by atoms with Crippen LogP contribution >= 0.6 is 11.6 Å². The average Bonchev–Trinajstić information content (AvgIpc) is 2.73. The number of hydrogen-bond acceptors (Lipinski definition) is 6. The Bertz CT molecular complexity index is 985. The largest absolute Gasteiger partial charge is 0.507 e. The van der Waals surface area contributed by atoms with E-state index in [9.17, 15) is 19.5 Å². The number of Topliss-reactive ketones (excluding diaryl/α,β-unsaturated/α-hetero) is 2. The Labute approximate surface area is 191 Å². The Morgan fingerprint density at radius 3 is 2.31 bits per heavy atom. The maximum absolute atomic E-state index is 12.0. The van der Waals surface area contributed by atoms with Crippen LogP contribution in [0.4, 0.5) is 0 Å². The Balaban J connectivity index is 1.88. The molecule has 8 heteroatoms. The lowest BCUT2D eigenvalue weighted by Gasteiger charge is -2.15. The highest BCUT2D eigenvalue weighted by molar-refractivity contribution is 6.34. The van der Waals surface area contributed by atoms with Gasteiger partial charge in [-0.05, 0) is 43.7 Å². The van der Waals surface area contributed by atoms with E-state index in [-0.39, 0.29) is 46.3 Å². The van der Waals surface area contributed by atoms with Crippen LogP contribution < -0.4 is 9.47 Å². The fourth-order valence-electron chi connectivity index (χ4n) is 3.13. The zero-order valence-electron chi connectivity index (χ0n) is 18.2. The molecule has 0 bridgehead atoms. The van der Waals surface area contributed by atoms with Crippen LogP contribution in [0, 0.1) is 0 Å². The molecule has 2 aromatic rings.